The fourth-order valence-electron chi connectivity index (χ4n) is 6.69. The molecule has 1 aromatic carbocycles. The molecule has 0 radical (unpaired) electrons. The van der Waals surface area contributed by atoms with Crippen LogP contribution in [-0.4, -0.2) is 52.6 Å². The van der Waals surface area contributed by atoms with Crippen molar-refractivity contribution in [1.82, 2.24) is 14.5 Å². The van der Waals surface area contributed by atoms with Crippen molar-refractivity contribution in [3.63, 3.8) is 0 Å². The highest BCUT2D eigenvalue weighted by Gasteiger charge is 2.50. The summed E-state index contributed by atoms with van der Waals surface area (Å²) in [5.41, 5.74) is 3.37. The normalized spacial score (nSPS) is 20.7. The Labute approximate surface area is 237 Å². The van der Waals surface area contributed by atoms with Gasteiger partial charge in [-0.2, -0.15) is 0 Å². The lowest BCUT2D eigenvalue weighted by Crippen LogP contribution is -2.38. The van der Waals surface area contributed by atoms with Crippen molar-refractivity contribution >= 4 is 35.1 Å². The van der Waals surface area contributed by atoms with E-state index in [1.165, 1.54) is 6.42 Å². The van der Waals surface area contributed by atoms with E-state index >= 15 is 0 Å². The Balaban J connectivity index is 0.00000289. The first kappa shape index (κ1) is 26.8. The summed E-state index contributed by atoms with van der Waals surface area (Å²) in [6, 6.07) is 5.67. The topological polar surface area (TPSA) is 100.0 Å². The van der Waals surface area contributed by atoms with Crippen LogP contribution < -0.4 is 15.0 Å². The van der Waals surface area contributed by atoms with Gasteiger partial charge >= 0.3 is 5.97 Å². The maximum Gasteiger partial charge on any atom is 0.308 e. The molecule has 0 N–H and O–H groups in total. The van der Waals surface area contributed by atoms with Gasteiger partial charge in [0.15, 0.2) is 22.9 Å². The number of likely N-dealkylation sites (tertiary alicyclic amines) is 1. The number of carbonyl (C=O) groups is 2. The minimum absolute atomic E-state index is 0. The van der Waals surface area contributed by atoms with E-state index < -0.39 is 11.6 Å². The molecule has 210 valence electrons. The highest BCUT2D eigenvalue weighted by atomic mass is 35.5. The minimum Gasteiger partial charge on any atom is -0.454 e. The third-order valence-electron chi connectivity index (χ3n) is 8.91. The second-order valence-electron chi connectivity index (χ2n) is 11.0. The lowest BCUT2D eigenvalue weighted by Gasteiger charge is -2.29. The number of ether oxygens (including phenoxy) is 3. The standard InChI is InChI=1S/C30H31N3O6.ClH/c1-3-30(39-27(35)7-10-32-8-5-4-6-9-32)21-13-23-28-20(15-33(23)29(36)19(21)12-26(30)34)17(2)18-11-24-25(38-16-37-24)14-22(18)31-28;/h11,13-14H,3-10,12,15-16H2,1-2H3;1H. The minimum atomic E-state index is -1.44. The molecule has 10 heteroatoms. The van der Waals surface area contributed by atoms with Gasteiger partial charge in [0, 0.05) is 41.1 Å². The summed E-state index contributed by atoms with van der Waals surface area (Å²) in [7, 11) is 0. The van der Waals surface area contributed by atoms with Gasteiger partial charge in [0.1, 0.15) is 0 Å². The molecular formula is C30H32ClN3O6. The Hall–Kier alpha value is -3.43. The van der Waals surface area contributed by atoms with Gasteiger partial charge in [0.2, 0.25) is 6.79 Å². The number of Topliss-reactive ketones (excluding diaryl/α,β-unsaturated/α-hetero) is 1. The molecule has 0 amide bonds. The Morgan fingerprint density at radius 3 is 2.58 bits per heavy atom. The fraction of sp³-hybridized carbons (Fsp3) is 0.467. The van der Waals surface area contributed by atoms with Crippen molar-refractivity contribution in [2.45, 2.75) is 64.5 Å². The van der Waals surface area contributed by atoms with Crippen molar-refractivity contribution in [3.8, 4) is 22.9 Å². The molecule has 5 heterocycles. The predicted octanol–water partition coefficient (Wildman–Crippen LogP) is 4.03. The lowest BCUT2D eigenvalue weighted by molar-refractivity contribution is -0.168. The number of carbonyl (C=O) groups excluding carboxylic acids is 2. The van der Waals surface area contributed by atoms with E-state index in [2.05, 4.69) is 4.90 Å². The summed E-state index contributed by atoms with van der Waals surface area (Å²) in [6.45, 7) is 7.01. The van der Waals surface area contributed by atoms with Crippen LogP contribution in [0.2, 0.25) is 0 Å². The number of benzene rings is 1. The monoisotopic (exact) mass is 565 g/mol. The van der Waals surface area contributed by atoms with Crippen LogP contribution in [0.4, 0.5) is 0 Å². The molecule has 1 atom stereocenters. The van der Waals surface area contributed by atoms with Crippen molar-refractivity contribution in [3.05, 3.63) is 50.8 Å². The Kier molecular flexibility index (Phi) is 6.62. The molecule has 1 saturated heterocycles. The maximum absolute atomic E-state index is 13.8. The van der Waals surface area contributed by atoms with Crippen LogP contribution in [0, 0.1) is 6.92 Å². The highest BCUT2D eigenvalue weighted by Crippen LogP contribution is 2.44. The van der Waals surface area contributed by atoms with E-state index in [1.54, 1.807) is 4.57 Å². The molecule has 4 aliphatic rings. The molecule has 1 unspecified atom stereocenters. The van der Waals surface area contributed by atoms with Crippen molar-refractivity contribution in [2.75, 3.05) is 26.4 Å². The van der Waals surface area contributed by atoms with E-state index in [9.17, 15) is 14.4 Å². The number of aryl methyl sites for hydroxylation is 1. The number of aromatic nitrogens is 2. The van der Waals surface area contributed by atoms with Crippen LogP contribution in [0.3, 0.4) is 0 Å². The van der Waals surface area contributed by atoms with Gasteiger partial charge in [-0.3, -0.25) is 14.4 Å². The highest BCUT2D eigenvalue weighted by molar-refractivity contribution is 5.97. The molecule has 0 bridgehead atoms. The van der Waals surface area contributed by atoms with Gasteiger partial charge in [-0.25, -0.2) is 4.98 Å². The van der Waals surface area contributed by atoms with Crippen molar-refractivity contribution in [2.24, 2.45) is 0 Å². The van der Waals surface area contributed by atoms with Gasteiger partial charge in [-0.1, -0.05) is 13.3 Å². The molecule has 0 spiro atoms. The van der Waals surface area contributed by atoms with E-state index in [1.807, 2.05) is 32.0 Å². The van der Waals surface area contributed by atoms with Gasteiger partial charge in [0.05, 0.1) is 29.9 Å². The summed E-state index contributed by atoms with van der Waals surface area (Å²) in [5.74, 6) is 0.696. The molecule has 3 aliphatic heterocycles. The fourth-order valence-corrected chi connectivity index (χ4v) is 6.69. The maximum atomic E-state index is 13.8. The number of esters is 1. The molecule has 7 rings (SSSR count). The Bertz CT molecular complexity index is 1630. The molecule has 40 heavy (non-hydrogen) atoms. The second kappa shape index (κ2) is 9.89. The number of fused-ring (bicyclic) bond motifs is 6. The van der Waals surface area contributed by atoms with Crippen LogP contribution in [-0.2, 0) is 32.9 Å². The van der Waals surface area contributed by atoms with Crippen LogP contribution in [0.15, 0.2) is 23.0 Å². The first-order chi connectivity index (χ1) is 18.9. The molecule has 0 saturated carbocycles. The zero-order valence-electron chi connectivity index (χ0n) is 22.7. The average molecular weight is 566 g/mol. The number of nitrogens with zero attached hydrogens (tertiary/aromatic N) is 3. The van der Waals surface area contributed by atoms with E-state index in [4.69, 9.17) is 19.2 Å². The zero-order valence-corrected chi connectivity index (χ0v) is 23.5. The number of ketones is 1. The predicted molar refractivity (Wildman–Crippen MR) is 150 cm³/mol. The third kappa shape index (κ3) is 3.93. The quantitative estimate of drug-likeness (QED) is 0.334. The molecule has 9 nitrogen and oxygen atoms in total. The second-order valence-corrected chi connectivity index (χ2v) is 11.0. The van der Waals surface area contributed by atoms with Crippen LogP contribution in [0.1, 0.15) is 61.3 Å². The lowest BCUT2D eigenvalue weighted by atomic mass is 9.91. The summed E-state index contributed by atoms with van der Waals surface area (Å²) < 4.78 is 18.8. The van der Waals surface area contributed by atoms with E-state index in [0.29, 0.717) is 47.1 Å². The van der Waals surface area contributed by atoms with E-state index in [-0.39, 0.29) is 49.8 Å². The van der Waals surface area contributed by atoms with Crippen LogP contribution in [0.5, 0.6) is 11.5 Å². The van der Waals surface area contributed by atoms with Gasteiger partial charge in [-0.15, -0.1) is 12.4 Å². The van der Waals surface area contributed by atoms with Crippen LogP contribution >= 0.6 is 12.4 Å². The Morgan fingerprint density at radius 2 is 1.82 bits per heavy atom. The molecule has 1 aliphatic carbocycles. The molecular weight excluding hydrogens is 534 g/mol. The molecule has 2 aromatic heterocycles. The zero-order chi connectivity index (χ0) is 26.9. The van der Waals surface area contributed by atoms with E-state index in [0.717, 1.165) is 48.0 Å². The number of piperidine rings is 1. The first-order valence-electron chi connectivity index (χ1n) is 13.9. The van der Waals surface area contributed by atoms with Crippen LogP contribution in [0.25, 0.3) is 22.3 Å². The largest absolute Gasteiger partial charge is 0.454 e. The summed E-state index contributed by atoms with van der Waals surface area (Å²) >= 11 is 0. The Morgan fingerprint density at radius 1 is 1.07 bits per heavy atom. The third-order valence-corrected chi connectivity index (χ3v) is 8.91. The van der Waals surface area contributed by atoms with Crippen molar-refractivity contribution in [1.29, 1.82) is 0 Å². The smallest absolute Gasteiger partial charge is 0.308 e. The number of rotatable bonds is 5. The molecule has 1 fully saturated rings. The van der Waals surface area contributed by atoms with Gasteiger partial charge in [0.25, 0.3) is 5.56 Å². The summed E-state index contributed by atoms with van der Waals surface area (Å²) in [6.07, 6.45) is 3.97. The number of pyridine rings is 2. The summed E-state index contributed by atoms with van der Waals surface area (Å²) in [5, 5.41) is 0.951. The van der Waals surface area contributed by atoms with Crippen molar-refractivity contribution < 1.29 is 23.8 Å². The summed E-state index contributed by atoms with van der Waals surface area (Å²) in [4.78, 5) is 47.4. The number of halogens is 1. The first-order valence-corrected chi connectivity index (χ1v) is 13.9. The van der Waals surface area contributed by atoms with Gasteiger partial charge < -0.3 is 23.7 Å². The van der Waals surface area contributed by atoms with Gasteiger partial charge in [-0.05, 0) is 57.0 Å². The molecule has 3 aromatic rings. The SMILES string of the molecule is CCC1(OC(=O)CCN2CCCCC2)C(=O)Cc2c1cc1n(c2=O)Cc2c-1nc1cc3c(cc1c2C)OCO3.Cl. The average Bonchev–Trinajstić information content (AvgIpc) is 3.63. The number of hydrogen-bond acceptors (Lipinski definition) is 8. The number of hydrogen-bond donors (Lipinski definition) is 0.